The summed E-state index contributed by atoms with van der Waals surface area (Å²) in [7, 11) is 1.25. The van der Waals surface area contributed by atoms with E-state index in [0.29, 0.717) is 40.3 Å². The number of carbonyl (C=O) groups excluding carboxylic acids is 1. The maximum absolute atomic E-state index is 15.0. The van der Waals surface area contributed by atoms with E-state index in [1.54, 1.807) is 48.6 Å². The molecule has 1 radical (unpaired) electrons. The molecule has 6 N–H and O–H groups in total. The van der Waals surface area contributed by atoms with Crippen LogP contribution in [0.2, 0.25) is 0 Å². The maximum atomic E-state index is 15.0. The fourth-order valence-electron chi connectivity index (χ4n) is 7.09. The van der Waals surface area contributed by atoms with E-state index in [0.717, 1.165) is 63.8 Å². The van der Waals surface area contributed by atoms with E-state index >= 15 is 4.39 Å². The second-order valence-electron chi connectivity index (χ2n) is 12.7. The molecule has 2 saturated heterocycles. The first-order valence-corrected chi connectivity index (χ1v) is 17.2. The first kappa shape index (κ1) is 40.0. The number of phenolic OH excluding ortho intramolecular Hbond substituents is 1. The van der Waals surface area contributed by atoms with Gasteiger partial charge < -0.3 is 46.2 Å². The Morgan fingerprint density at radius 3 is 2.33 bits per heavy atom. The molecule has 2 fully saturated rings. The van der Waals surface area contributed by atoms with Gasteiger partial charge in [-0.2, -0.15) is 7.05 Å². The quantitative estimate of drug-likeness (QED) is 0.107. The molecule has 0 amide bonds. The number of carbonyl (C=O) groups is 1. The number of rotatable bonds is 11. The van der Waals surface area contributed by atoms with Crippen molar-refractivity contribution in [2.24, 2.45) is 0 Å². The molecule has 6 rings (SSSR count). The fraction of sp³-hybridized carbons (Fsp3) is 0.359. The van der Waals surface area contributed by atoms with Gasteiger partial charge >= 0.3 is 0 Å². The number of benzene rings is 3. The number of allylic oxidation sites excluding steroid dienone is 2. The predicted octanol–water partition coefficient (Wildman–Crippen LogP) is 6.71. The molecule has 0 aromatic heterocycles. The summed E-state index contributed by atoms with van der Waals surface area (Å²) in [6, 6.07) is 20.2. The molecule has 0 spiro atoms. The number of nitrogens with zero attached hydrogens (tertiary/aromatic N) is 3. The Morgan fingerprint density at radius 2 is 1.71 bits per heavy atom. The van der Waals surface area contributed by atoms with Gasteiger partial charge in [-0.25, -0.2) is 4.39 Å². The molecule has 51 heavy (non-hydrogen) atoms. The summed E-state index contributed by atoms with van der Waals surface area (Å²) in [5.41, 5.74) is 10.6. The Balaban J connectivity index is 0.00000191. The third kappa shape index (κ3) is 9.78. The van der Waals surface area contributed by atoms with Crippen LogP contribution in [-0.2, 0) is 37.5 Å². The maximum Gasteiger partial charge on any atom is 0.148 e. The molecular weight excluding hydrogens is 722 g/mol. The number of halogens is 1. The van der Waals surface area contributed by atoms with Gasteiger partial charge in [0.1, 0.15) is 17.9 Å². The molecule has 0 saturated carbocycles. The third-order valence-electron chi connectivity index (χ3n) is 9.80. The molecule has 3 aliphatic rings. The SMILES string of the molecule is C[NH-].N=C1C=CN(c2ccc(C3CCN(C4CCN(c5ccc(NC(C=O)CCO)cc5F)CC4)CC3)cc2)/C1=C/C(=N)c1ccccc1O.[Y]. The second-order valence-corrected chi connectivity index (χ2v) is 12.7. The number of hydrogen-bond donors (Lipinski definition) is 5. The van der Waals surface area contributed by atoms with Gasteiger partial charge in [0.25, 0.3) is 0 Å². The minimum absolute atomic E-state index is 0. The van der Waals surface area contributed by atoms with E-state index in [4.69, 9.17) is 21.7 Å². The molecule has 267 valence electrons. The van der Waals surface area contributed by atoms with Crippen molar-refractivity contribution in [3.05, 3.63) is 113 Å². The minimum Gasteiger partial charge on any atom is -0.680 e. The molecule has 12 heteroatoms. The van der Waals surface area contributed by atoms with E-state index < -0.39 is 6.04 Å². The Labute approximate surface area is 325 Å². The van der Waals surface area contributed by atoms with Crippen LogP contribution in [0.4, 0.5) is 21.5 Å². The van der Waals surface area contributed by atoms with Gasteiger partial charge in [-0.15, -0.1) is 0 Å². The van der Waals surface area contributed by atoms with Crippen molar-refractivity contribution in [3.63, 3.8) is 0 Å². The zero-order valence-electron chi connectivity index (χ0n) is 29.1. The van der Waals surface area contributed by atoms with Crippen molar-refractivity contribution in [2.75, 3.05) is 55.0 Å². The van der Waals surface area contributed by atoms with Gasteiger partial charge in [-0.1, -0.05) is 24.3 Å². The van der Waals surface area contributed by atoms with Crippen LogP contribution in [-0.4, -0.2) is 84.7 Å². The standard InChI is InChI=1S/C38H43FN6O3.CH4N.Y/c39-33-23-28(42-29(25-47)16-22-46)7-10-36(33)44-19-13-30(14-20-44)43-17-11-27(12-18-43)26-5-8-31(9-6-26)45-21-15-34(40)37(45)24-35(41)32-3-1-2-4-38(32)48;1-2;/h1-10,15,21,23-25,27,29-30,40-42,46,48H,11-14,16-20,22H2;2H,1H3;/q;-1;/b37-24+,40-34?,41-35?;;. The number of nitrogens with one attached hydrogen (secondary N) is 4. The van der Waals surface area contributed by atoms with E-state index in [2.05, 4.69) is 39.4 Å². The molecule has 10 nitrogen and oxygen atoms in total. The van der Waals surface area contributed by atoms with Crippen LogP contribution in [0.3, 0.4) is 0 Å². The summed E-state index contributed by atoms with van der Waals surface area (Å²) in [6.07, 6.45) is 10.3. The van der Waals surface area contributed by atoms with Crippen molar-refractivity contribution >= 4 is 34.8 Å². The summed E-state index contributed by atoms with van der Waals surface area (Å²) in [4.78, 5) is 17.8. The Hall–Kier alpha value is -3.74. The summed E-state index contributed by atoms with van der Waals surface area (Å²) >= 11 is 0. The number of piperidine rings is 2. The van der Waals surface area contributed by atoms with Crippen molar-refractivity contribution in [3.8, 4) is 5.75 Å². The summed E-state index contributed by atoms with van der Waals surface area (Å²) in [5.74, 6) is 0.211. The zero-order chi connectivity index (χ0) is 35.6. The van der Waals surface area contributed by atoms with Crippen LogP contribution in [0, 0.1) is 16.6 Å². The summed E-state index contributed by atoms with van der Waals surface area (Å²) in [6.45, 7) is 3.54. The van der Waals surface area contributed by atoms with Crippen molar-refractivity contribution in [2.45, 2.75) is 50.1 Å². The number of anilines is 3. The predicted molar refractivity (Wildman–Crippen MR) is 199 cm³/mol. The summed E-state index contributed by atoms with van der Waals surface area (Å²) in [5, 5.41) is 39.2. The zero-order valence-corrected chi connectivity index (χ0v) is 31.9. The average molecular weight is 770 g/mol. The molecule has 0 bridgehead atoms. The molecule has 1 atom stereocenters. The van der Waals surface area contributed by atoms with Crippen LogP contribution < -0.4 is 15.1 Å². The van der Waals surface area contributed by atoms with E-state index in [9.17, 15) is 9.90 Å². The first-order valence-electron chi connectivity index (χ1n) is 17.2. The van der Waals surface area contributed by atoms with Crippen molar-refractivity contribution in [1.29, 1.82) is 10.8 Å². The molecule has 3 aromatic carbocycles. The van der Waals surface area contributed by atoms with Gasteiger partial charge in [0.2, 0.25) is 0 Å². The van der Waals surface area contributed by atoms with Crippen LogP contribution in [0.15, 0.2) is 90.8 Å². The first-order chi connectivity index (χ1) is 24.3. The molecule has 3 aliphatic heterocycles. The van der Waals surface area contributed by atoms with Crippen LogP contribution in [0.25, 0.3) is 5.73 Å². The smallest absolute Gasteiger partial charge is 0.148 e. The van der Waals surface area contributed by atoms with Crippen molar-refractivity contribution < 1.29 is 52.1 Å². The largest absolute Gasteiger partial charge is 0.680 e. The van der Waals surface area contributed by atoms with E-state index in [1.807, 2.05) is 11.1 Å². The number of aromatic hydroxyl groups is 1. The van der Waals surface area contributed by atoms with E-state index in [1.165, 1.54) is 18.7 Å². The van der Waals surface area contributed by atoms with Crippen LogP contribution in [0.5, 0.6) is 5.75 Å². The molecular formula is C39H47FN7O3Y-. The molecule has 3 aromatic rings. The third-order valence-corrected chi connectivity index (χ3v) is 9.80. The minimum atomic E-state index is -0.543. The number of likely N-dealkylation sites (tertiary alicyclic amines) is 1. The van der Waals surface area contributed by atoms with E-state index in [-0.39, 0.29) is 63.0 Å². The summed E-state index contributed by atoms with van der Waals surface area (Å²) < 4.78 is 15.0. The van der Waals surface area contributed by atoms with Gasteiger partial charge in [0, 0.05) is 81.6 Å². The number of aldehydes is 1. The number of para-hydroxylation sites is 1. The Kier molecular flexibility index (Phi) is 15.1. The van der Waals surface area contributed by atoms with Crippen molar-refractivity contribution in [1.82, 2.24) is 4.90 Å². The van der Waals surface area contributed by atoms with Gasteiger partial charge in [0.05, 0.1) is 28.8 Å². The average Bonchev–Trinajstić information content (AvgIpc) is 3.51. The Bertz CT molecular complexity index is 1700. The number of hydrogen-bond acceptors (Lipinski definition) is 9. The fourth-order valence-corrected chi connectivity index (χ4v) is 7.09. The number of aliphatic hydroxyl groups excluding tert-OH is 1. The molecule has 3 heterocycles. The van der Waals surface area contributed by atoms with Crippen LogP contribution in [0.1, 0.15) is 49.1 Å². The second kappa shape index (κ2) is 19.2. The van der Waals surface area contributed by atoms with Crippen LogP contribution >= 0.6 is 0 Å². The topological polar surface area (TPSA) is 151 Å². The molecule has 1 unspecified atom stereocenters. The van der Waals surface area contributed by atoms with Gasteiger partial charge in [-0.3, -0.25) is 5.41 Å². The van der Waals surface area contributed by atoms with Gasteiger partial charge in [0.15, 0.2) is 0 Å². The number of aliphatic hydroxyl groups is 1. The normalized spacial score (nSPS) is 18.2. The molecule has 0 aliphatic carbocycles. The van der Waals surface area contributed by atoms with Gasteiger partial charge in [-0.05, 0) is 111 Å². The Morgan fingerprint density at radius 1 is 1.02 bits per heavy atom. The number of phenols is 1. The monoisotopic (exact) mass is 769 g/mol.